The first-order valence-electron chi connectivity index (χ1n) is 8.38. The molecule has 1 heterocycles. The minimum atomic E-state index is -4.79. The zero-order valence-corrected chi connectivity index (χ0v) is 17.3. The van der Waals surface area contributed by atoms with Crippen LogP contribution in [0.15, 0.2) is 5.16 Å². The molecule has 5 N–H and O–H groups in total. The predicted molar refractivity (Wildman–Crippen MR) is 103 cm³/mol. The molecule has 0 aromatic rings. The Kier molecular flexibility index (Phi) is 11.5. The van der Waals surface area contributed by atoms with Gasteiger partial charge in [0.25, 0.3) is 0 Å². The van der Waals surface area contributed by atoms with Gasteiger partial charge in [-0.1, -0.05) is 29.8 Å². The van der Waals surface area contributed by atoms with Gasteiger partial charge in [-0.05, 0) is 31.3 Å². The van der Waals surface area contributed by atoms with Crippen molar-refractivity contribution in [2.24, 2.45) is 5.16 Å². The lowest BCUT2D eigenvalue weighted by atomic mass is 10.0. The van der Waals surface area contributed by atoms with Crippen LogP contribution in [0.2, 0.25) is 0 Å². The number of thioether (sulfide) groups is 2. The van der Waals surface area contributed by atoms with Crippen molar-refractivity contribution in [3.63, 3.8) is 0 Å². The standard InChI is InChI=1S/C14H27NO9S3/c1-25-7-5-3-2-4-6-10(15-24-27(20,21)22)26-14-13(19)12(18)11(17)9(8-16)23-14/h9,11-14,16-19H,2-8H2,1H3,(H,20,21,22)/b15-10-. The van der Waals surface area contributed by atoms with Gasteiger partial charge in [0.2, 0.25) is 0 Å². The lowest BCUT2D eigenvalue weighted by molar-refractivity contribution is -0.205. The minimum Gasteiger partial charge on any atom is -0.394 e. The largest absolute Gasteiger partial charge is 0.466 e. The number of rotatable bonds is 11. The summed E-state index contributed by atoms with van der Waals surface area (Å²) >= 11 is 2.55. The molecule has 0 bridgehead atoms. The fourth-order valence-corrected chi connectivity index (χ4v) is 4.22. The van der Waals surface area contributed by atoms with Crippen LogP contribution in [-0.2, 0) is 19.4 Å². The molecule has 160 valence electrons. The molecule has 0 spiro atoms. The maximum Gasteiger partial charge on any atom is 0.466 e. The van der Waals surface area contributed by atoms with Gasteiger partial charge < -0.3 is 25.2 Å². The van der Waals surface area contributed by atoms with Crippen molar-refractivity contribution in [1.29, 1.82) is 0 Å². The number of aliphatic hydroxyl groups excluding tert-OH is 4. The van der Waals surface area contributed by atoms with Crippen molar-refractivity contribution in [3.05, 3.63) is 0 Å². The van der Waals surface area contributed by atoms with Crippen molar-refractivity contribution in [3.8, 4) is 0 Å². The van der Waals surface area contributed by atoms with Crippen LogP contribution in [0.3, 0.4) is 0 Å². The molecule has 0 aliphatic carbocycles. The summed E-state index contributed by atoms with van der Waals surface area (Å²) in [6.45, 7) is -0.578. The van der Waals surface area contributed by atoms with Crippen LogP contribution in [0.4, 0.5) is 0 Å². The van der Waals surface area contributed by atoms with Crippen molar-refractivity contribution in [2.45, 2.75) is 62.0 Å². The van der Waals surface area contributed by atoms with Gasteiger partial charge >= 0.3 is 10.4 Å². The Morgan fingerprint density at radius 2 is 1.78 bits per heavy atom. The van der Waals surface area contributed by atoms with Gasteiger partial charge in [-0.3, -0.25) is 4.55 Å². The molecule has 1 rings (SSSR count). The van der Waals surface area contributed by atoms with E-state index in [9.17, 15) is 28.8 Å². The third-order valence-corrected chi connectivity index (χ3v) is 5.96. The second-order valence-corrected chi connectivity index (χ2v) is 9.12. The number of unbranched alkanes of at least 4 members (excludes halogenated alkanes) is 3. The van der Waals surface area contributed by atoms with Crippen LogP contribution in [0.5, 0.6) is 0 Å². The molecule has 0 saturated carbocycles. The van der Waals surface area contributed by atoms with Crippen molar-refractivity contribution in [2.75, 3.05) is 18.6 Å². The molecular weight excluding hydrogens is 422 g/mol. The van der Waals surface area contributed by atoms with Gasteiger partial charge in [0.1, 0.15) is 34.9 Å². The first kappa shape index (κ1) is 24.9. The fraction of sp³-hybridized carbons (Fsp3) is 0.929. The van der Waals surface area contributed by atoms with E-state index in [1.807, 2.05) is 6.26 Å². The molecule has 0 aromatic heterocycles. The first-order chi connectivity index (χ1) is 12.7. The zero-order chi connectivity index (χ0) is 20.4. The van der Waals surface area contributed by atoms with Crippen LogP contribution in [-0.4, -0.2) is 86.9 Å². The summed E-state index contributed by atoms with van der Waals surface area (Å²) in [6, 6.07) is 0. The van der Waals surface area contributed by atoms with Crippen molar-refractivity contribution in [1.82, 2.24) is 0 Å². The van der Waals surface area contributed by atoms with E-state index in [0.717, 1.165) is 36.8 Å². The average Bonchev–Trinajstić information content (AvgIpc) is 2.61. The van der Waals surface area contributed by atoms with Crippen LogP contribution in [0.1, 0.15) is 32.1 Å². The molecule has 0 amide bonds. The van der Waals surface area contributed by atoms with Crippen molar-refractivity contribution < 1.29 is 42.4 Å². The Hall–Kier alpha value is -0.120. The van der Waals surface area contributed by atoms with Gasteiger partial charge in [-0.15, -0.1) is 0 Å². The van der Waals surface area contributed by atoms with E-state index in [1.54, 1.807) is 11.8 Å². The molecule has 10 nitrogen and oxygen atoms in total. The highest BCUT2D eigenvalue weighted by Gasteiger charge is 2.44. The van der Waals surface area contributed by atoms with Gasteiger partial charge in [-0.25, -0.2) is 4.28 Å². The molecule has 5 unspecified atom stereocenters. The SMILES string of the molecule is CSCCCCCC/C(=N/OS(=O)(=O)O)SC1OC(CO)C(O)C(O)C1O. The second-order valence-electron chi connectivity index (χ2n) is 5.96. The van der Waals surface area contributed by atoms with E-state index in [2.05, 4.69) is 9.44 Å². The number of hydrogen-bond acceptors (Lipinski definition) is 11. The normalized spacial score (nSPS) is 29.7. The molecular formula is C14H27NO9S3. The number of nitrogens with zero attached hydrogens (tertiary/aromatic N) is 1. The van der Waals surface area contributed by atoms with Gasteiger partial charge in [0, 0.05) is 0 Å². The van der Waals surface area contributed by atoms with E-state index in [4.69, 9.17) is 9.29 Å². The molecule has 0 radical (unpaired) electrons. The topological polar surface area (TPSA) is 166 Å². The molecule has 13 heteroatoms. The van der Waals surface area contributed by atoms with E-state index in [-0.39, 0.29) is 5.04 Å². The maximum absolute atomic E-state index is 10.8. The van der Waals surface area contributed by atoms with Crippen LogP contribution in [0, 0.1) is 0 Å². The molecule has 27 heavy (non-hydrogen) atoms. The molecule has 0 aromatic carbocycles. The molecule has 1 saturated heterocycles. The minimum absolute atomic E-state index is 0.127. The second kappa shape index (κ2) is 12.4. The number of aliphatic hydroxyl groups is 4. The lowest BCUT2D eigenvalue weighted by Gasteiger charge is -2.39. The lowest BCUT2D eigenvalue weighted by Crippen LogP contribution is -2.57. The summed E-state index contributed by atoms with van der Waals surface area (Å²) in [6.07, 6.45) is 0.251. The molecule has 5 atom stereocenters. The third-order valence-electron chi connectivity index (χ3n) is 3.82. The summed E-state index contributed by atoms with van der Waals surface area (Å²) < 4.78 is 39.6. The number of hydrogen-bond donors (Lipinski definition) is 5. The monoisotopic (exact) mass is 449 g/mol. The van der Waals surface area contributed by atoms with Crippen LogP contribution < -0.4 is 0 Å². The van der Waals surface area contributed by atoms with E-state index >= 15 is 0 Å². The van der Waals surface area contributed by atoms with E-state index in [1.165, 1.54) is 0 Å². The Bertz CT molecular complexity index is 558. The smallest absolute Gasteiger partial charge is 0.394 e. The van der Waals surface area contributed by atoms with E-state index in [0.29, 0.717) is 12.8 Å². The Labute approximate surface area is 167 Å². The van der Waals surface area contributed by atoms with Crippen LogP contribution >= 0.6 is 23.5 Å². The Balaban J connectivity index is 2.71. The third kappa shape index (κ3) is 9.28. The zero-order valence-electron chi connectivity index (χ0n) is 14.9. The summed E-state index contributed by atoms with van der Waals surface area (Å²) in [7, 11) is -4.79. The summed E-state index contributed by atoms with van der Waals surface area (Å²) in [5, 5.41) is 42.4. The highest BCUT2D eigenvalue weighted by Crippen LogP contribution is 2.30. The molecule has 1 aliphatic heterocycles. The summed E-state index contributed by atoms with van der Waals surface area (Å²) in [5.74, 6) is 1.05. The van der Waals surface area contributed by atoms with Crippen molar-refractivity contribution >= 4 is 39.0 Å². The van der Waals surface area contributed by atoms with Gasteiger partial charge in [0.05, 0.1) is 6.61 Å². The predicted octanol–water partition coefficient (Wildman–Crippen LogP) is -0.0341. The Morgan fingerprint density at radius 3 is 2.37 bits per heavy atom. The quantitative estimate of drug-likeness (QED) is 0.0944. The average molecular weight is 450 g/mol. The summed E-state index contributed by atoms with van der Waals surface area (Å²) in [4.78, 5) is 0. The number of ether oxygens (including phenoxy) is 1. The van der Waals surface area contributed by atoms with E-state index < -0.39 is 46.9 Å². The van der Waals surface area contributed by atoms with Crippen LogP contribution in [0.25, 0.3) is 0 Å². The van der Waals surface area contributed by atoms with Gasteiger partial charge in [0.15, 0.2) is 0 Å². The van der Waals surface area contributed by atoms with Gasteiger partial charge in [-0.2, -0.15) is 20.2 Å². The highest BCUT2D eigenvalue weighted by atomic mass is 32.3. The molecule has 1 aliphatic rings. The highest BCUT2D eigenvalue weighted by molar-refractivity contribution is 8.14. The molecule has 1 fully saturated rings. The Morgan fingerprint density at radius 1 is 1.11 bits per heavy atom. The summed E-state index contributed by atoms with van der Waals surface area (Å²) in [5.41, 5.74) is -1.11. The first-order valence-corrected chi connectivity index (χ1v) is 12.0. The fourth-order valence-electron chi connectivity index (χ4n) is 2.39. The maximum atomic E-state index is 10.8. The number of oxime groups is 1.